The standard InChI is InChI=1S/C9H13N3/c1-9(2,3)5-4-6-12-8-10-7-11-12/h7-8H,6H2,1-3H3. The number of rotatable bonds is 1. The lowest BCUT2D eigenvalue weighted by Gasteiger charge is -2.06. The average molecular weight is 163 g/mol. The van der Waals surface area contributed by atoms with E-state index in [1.165, 1.54) is 6.33 Å². The first-order valence-electron chi connectivity index (χ1n) is 3.90. The Labute approximate surface area is 72.8 Å². The zero-order valence-corrected chi connectivity index (χ0v) is 7.70. The predicted molar refractivity (Wildman–Crippen MR) is 47.3 cm³/mol. The van der Waals surface area contributed by atoms with Gasteiger partial charge in [0.2, 0.25) is 0 Å². The molecule has 0 unspecified atom stereocenters. The van der Waals surface area contributed by atoms with E-state index in [9.17, 15) is 0 Å². The van der Waals surface area contributed by atoms with E-state index in [-0.39, 0.29) is 5.41 Å². The second-order valence-electron chi connectivity index (χ2n) is 3.64. The lowest BCUT2D eigenvalue weighted by molar-refractivity contribution is 0.568. The molecule has 3 heteroatoms. The molecule has 0 fully saturated rings. The second kappa shape index (κ2) is 3.40. The Kier molecular flexibility index (Phi) is 2.49. The zero-order chi connectivity index (χ0) is 9.03. The molecule has 64 valence electrons. The molecule has 0 spiro atoms. The third-order valence-electron chi connectivity index (χ3n) is 1.17. The highest BCUT2D eigenvalue weighted by Gasteiger charge is 2.02. The molecule has 0 aromatic carbocycles. The van der Waals surface area contributed by atoms with Gasteiger partial charge >= 0.3 is 0 Å². The lowest BCUT2D eigenvalue weighted by Crippen LogP contribution is -2.01. The molecule has 0 radical (unpaired) electrons. The Bertz CT molecular complexity index is 282. The van der Waals surface area contributed by atoms with Crippen molar-refractivity contribution in [2.24, 2.45) is 5.41 Å². The summed E-state index contributed by atoms with van der Waals surface area (Å²) in [5.74, 6) is 6.16. The molecule has 1 heterocycles. The van der Waals surface area contributed by atoms with Crippen LogP contribution in [0, 0.1) is 17.3 Å². The highest BCUT2D eigenvalue weighted by Crippen LogP contribution is 2.09. The van der Waals surface area contributed by atoms with Gasteiger partial charge in [0.15, 0.2) is 0 Å². The van der Waals surface area contributed by atoms with Crippen molar-refractivity contribution in [2.45, 2.75) is 27.3 Å². The number of hydrogen-bond donors (Lipinski definition) is 0. The van der Waals surface area contributed by atoms with E-state index in [1.807, 2.05) is 0 Å². The van der Waals surface area contributed by atoms with Gasteiger partial charge in [0, 0.05) is 5.41 Å². The molecule has 0 atom stereocenters. The minimum absolute atomic E-state index is 0.0700. The second-order valence-corrected chi connectivity index (χ2v) is 3.64. The summed E-state index contributed by atoms with van der Waals surface area (Å²) < 4.78 is 1.71. The molecule has 1 aromatic rings. The van der Waals surface area contributed by atoms with E-state index in [0.29, 0.717) is 6.54 Å². The summed E-state index contributed by atoms with van der Waals surface area (Å²) in [5.41, 5.74) is 0.0700. The van der Waals surface area contributed by atoms with Crippen molar-refractivity contribution >= 4 is 0 Å². The van der Waals surface area contributed by atoms with Crippen LogP contribution in [0.3, 0.4) is 0 Å². The van der Waals surface area contributed by atoms with Crippen LogP contribution >= 0.6 is 0 Å². The van der Waals surface area contributed by atoms with Crippen molar-refractivity contribution < 1.29 is 0 Å². The molecule has 0 saturated carbocycles. The molecular formula is C9H13N3. The van der Waals surface area contributed by atoms with Crippen molar-refractivity contribution in [3.8, 4) is 11.8 Å². The lowest BCUT2D eigenvalue weighted by atomic mass is 9.98. The average Bonchev–Trinajstić information content (AvgIpc) is 2.36. The molecule has 0 bridgehead atoms. The normalized spacial score (nSPS) is 10.6. The van der Waals surface area contributed by atoms with Crippen LogP contribution < -0.4 is 0 Å². The van der Waals surface area contributed by atoms with E-state index in [0.717, 1.165) is 0 Å². The Morgan fingerprint density at radius 3 is 2.67 bits per heavy atom. The highest BCUT2D eigenvalue weighted by atomic mass is 15.3. The van der Waals surface area contributed by atoms with Crippen LogP contribution in [0.25, 0.3) is 0 Å². The molecule has 1 aromatic heterocycles. The summed E-state index contributed by atoms with van der Waals surface area (Å²) in [6, 6.07) is 0. The maximum absolute atomic E-state index is 3.94. The van der Waals surface area contributed by atoms with Crippen molar-refractivity contribution in [3.05, 3.63) is 12.7 Å². The van der Waals surface area contributed by atoms with Crippen LogP contribution in [-0.2, 0) is 6.54 Å². The molecular weight excluding hydrogens is 150 g/mol. The zero-order valence-electron chi connectivity index (χ0n) is 7.70. The van der Waals surface area contributed by atoms with Gasteiger partial charge in [0.05, 0.1) is 0 Å². The monoisotopic (exact) mass is 163 g/mol. The van der Waals surface area contributed by atoms with Crippen LogP contribution in [-0.4, -0.2) is 14.8 Å². The van der Waals surface area contributed by atoms with Gasteiger partial charge in [-0.3, -0.25) is 0 Å². The van der Waals surface area contributed by atoms with Gasteiger partial charge in [-0.05, 0) is 20.8 Å². The van der Waals surface area contributed by atoms with Crippen LogP contribution in [0.15, 0.2) is 12.7 Å². The van der Waals surface area contributed by atoms with E-state index in [1.54, 1.807) is 11.0 Å². The SMILES string of the molecule is CC(C)(C)C#CCn1cncn1. The van der Waals surface area contributed by atoms with Gasteiger partial charge in [-0.25, -0.2) is 9.67 Å². The molecule has 3 nitrogen and oxygen atoms in total. The van der Waals surface area contributed by atoms with Crippen LogP contribution in [0.4, 0.5) is 0 Å². The fourth-order valence-electron chi connectivity index (χ4n) is 0.700. The van der Waals surface area contributed by atoms with Crippen molar-refractivity contribution in [2.75, 3.05) is 0 Å². The van der Waals surface area contributed by atoms with Gasteiger partial charge in [0.25, 0.3) is 0 Å². The fraction of sp³-hybridized carbons (Fsp3) is 0.556. The van der Waals surface area contributed by atoms with Gasteiger partial charge in [0.1, 0.15) is 19.2 Å². The molecule has 0 amide bonds. The predicted octanol–water partition coefficient (Wildman–Crippen LogP) is 1.33. The summed E-state index contributed by atoms with van der Waals surface area (Å²) in [4.78, 5) is 3.82. The Morgan fingerprint density at radius 1 is 1.42 bits per heavy atom. The largest absolute Gasteiger partial charge is 0.241 e. The number of aromatic nitrogens is 3. The third kappa shape index (κ3) is 3.20. The Hall–Kier alpha value is -1.30. The van der Waals surface area contributed by atoms with Crippen molar-refractivity contribution in [1.82, 2.24) is 14.8 Å². The van der Waals surface area contributed by atoms with Crippen molar-refractivity contribution in [3.63, 3.8) is 0 Å². The van der Waals surface area contributed by atoms with Crippen molar-refractivity contribution in [1.29, 1.82) is 0 Å². The Balaban J connectivity index is 2.49. The van der Waals surface area contributed by atoms with Gasteiger partial charge < -0.3 is 0 Å². The van der Waals surface area contributed by atoms with E-state index < -0.39 is 0 Å². The van der Waals surface area contributed by atoms with E-state index in [4.69, 9.17) is 0 Å². The number of nitrogens with zero attached hydrogens (tertiary/aromatic N) is 3. The maximum Gasteiger partial charge on any atom is 0.137 e. The first-order valence-corrected chi connectivity index (χ1v) is 3.90. The Morgan fingerprint density at radius 2 is 2.17 bits per heavy atom. The molecule has 1 rings (SSSR count). The summed E-state index contributed by atoms with van der Waals surface area (Å²) in [6.45, 7) is 6.88. The molecule has 0 aliphatic rings. The van der Waals surface area contributed by atoms with E-state index in [2.05, 4.69) is 42.7 Å². The minimum Gasteiger partial charge on any atom is -0.241 e. The summed E-state index contributed by atoms with van der Waals surface area (Å²) in [7, 11) is 0. The topological polar surface area (TPSA) is 30.7 Å². The fourth-order valence-corrected chi connectivity index (χ4v) is 0.700. The van der Waals surface area contributed by atoms with Crippen LogP contribution in [0.5, 0.6) is 0 Å². The summed E-state index contributed by atoms with van der Waals surface area (Å²) >= 11 is 0. The smallest absolute Gasteiger partial charge is 0.137 e. The quantitative estimate of drug-likeness (QED) is 0.585. The first-order chi connectivity index (χ1) is 5.58. The van der Waals surface area contributed by atoms with E-state index >= 15 is 0 Å². The molecule has 0 aliphatic heterocycles. The summed E-state index contributed by atoms with van der Waals surface area (Å²) in [6.07, 6.45) is 3.18. The van der Waals surface area contributed by atoms with Crippen LogP contribution in [0.2, 0.25) is 0 Å². The van der Waals surface area contributed by atoms with Crippen LogP contribution in [0.1, 0.15) is 20.8 Å². The van der Waals surface area contributed by atoms with Gasteiger partial charge in [-0.15, -0.1) is 0 Å². The van der Waals surface area contributed by atoms with Gasteiger partial charge in [-0.1, -0.05) is 11.8 Å². The number of hydrogen-bond acceptors (Lipinski definition) is 2. The first kappa shape index (κ1) is 8.79. The molecule has 0 saturated heterocycles. The maximum atomic E-state index is 3.94. The summed E-state index contributed by atoms with van der Waals surface area (Å²) in [5, 5.41) is 3.94. The molecule has 0 aliphatic carbocycles. The highest BCUT2D eigenvalue weighted by molar-refractivity contribution is 5.06. The molecule has 0 N–H and O–H groups in total. The van der Waals surface area contributed by atoms with Gasteiger partial charge in [-0.2, -0.15) is 5.10 Å². The molecule has 12 heavy (non-hydrogen) atoms. The third-order valence-corrected chi connectivity index (χ3v) is 1.17. The minimum atomic E-state index is 0.0700.